The molecule has 5 nitrogen and oxygen atoms in total. The molecule has 36 heavy (non-hydrogen) atoms. The standard InChI is InChI=1S/C29H30Cl2N2O3/c30-23-15-13-22(14-16-23)19-33(28(34)20-36-26-12-6-9-24(31)18-26)27(17-21-7-2-1-3-8-21)29(35)32-25-10-4-5-11-25/h1-3,6-9,12-16,18,25,27H,4-5,10-11,17,19-20H2,(H,32,35). The van der Waals surface area contributed by atoms with Gasteiger partial charge in [-0.1, -0.05) is 84.6 Å². The number of rotatable bonds is 10. The number of carbonyl (C=O) groups excluding carboxylic acids is 2. The molecule has 1 aliphatic rings. The number of hydrogen-bond donors (Lipinski definition) is 1. The topological polar surface area (TPSA) is 58.6 Å². The maximum Gasteiger partial charge on any atom is 0.261 e. The Bertz CT molecular complexity index is 1150. The molecule has 0 bridgehead atoms. The van der Waals surface area contributed by atoms with Crippen LogP contribution in [-0.2, 0) is 22.6 Å². The number of ether oxygens (including phenoxy) is 1. The lowest BCUT2D eigenvalue weighted by Crippen LogP contribution is -2.53. The number of halogens is 2. The molecule has 1 aliphatic carbocycles. The molecule has 0 aromatic heterocycles. The first kappa shape index (κ1) is 26.1. The Hall–Kier alpha value is -3.02. The Labute approximate surface area is 222 Å². The summed E-state index contributed by atoms with van der Waals surface area (Å²) in [7, 11) is 0. The highest BCUT2D eigenvalue weighted by Crippen LogP contribution is 2.21. The first-order chi connectivity index (χ1) is 17.5. The normalized spacial score (nSPS) is 14.3. The maximum absolute atomic E-state index is 13.6. The average molecular weight is 525 g/mol. The molecule has 1 atom stereocenters. The van der Waals surface area contributed by atoms with Gasteiger partial charge in [0.05, 0.1) is 0 Å². The van der Waals surface area contributed by atoms with Crippen LogP contribution in [0.4, 0.5) is 0 Å². The lowest BCUT2D eigenvalue weighted by atomic mass is 10.0. The molecule has 0 saturated heterocycles. The Balaban J connectivity index is 1.60. The molecule has 0 heterocycles. The minimum atomic E-state index is -0.695. The van der Waals surface area contributed by atoms with Gasteiger partial charge in [0.15, 0.2) is 6.61 Å². The molecule has 1 saturated carbocycles. The minimum Gasteiger partial charge on any atom is -0.484 e. The zero-order chi connectivity index (χ0) is 25.3. The van der Waals surface area contributed by atoms with E-state index in [4.69, 9.17) is 27.9 Å². The van der Waals surface area contributed by atoms with Crippen LogP contribution >= 0.6 is 23.2 Å². The van der Waals surface area contributed by atoms with Crippen molar-refractivity contribution in [3.05, 3.63) is 100 Å². The van der Waals surface area contributed by atoms with Crippen molar-refractivity contribution in [2.75, 3.05) is 6.61 Å². The molecule has 0 aliphatic heterocycles. The van der Waals surface area contributed by atoms with Crippen LogP contribution in [0.5, 0.6) is 5.75 Å². The maximum atomic E-state index is 13.6. The van der Waals surface area contributed by atoms with Gasteiger partial charge in [-0.2, -0.15) is 0 Å². The van der Waals surface area contributed by atoms with Crippen LogP contribution in [0.2, 0.25) is 10.0 Å². The van der Waals surface area contributed by atoms with Gasteiger partial charge in [0.2, 0.25) is 5.91 Å². The second-order valence-corrected chi connectivity index (χ2v) is 9.96. The third kappa shape index (κ3) is 7.49. The van der Waals surface area contributed by atoms with Crippen molar-refractivity contribution >= 4 is 35.0 Å². The average Bonchev–Trinajstić information content (AvgIpc) is 3.39. The zero-order valence-corrected chi connectivity index (χ0v) is 21.5. The van der Waals surface area contributed by atoms with E-state index in [9.17, 15) is 9.59 Å². The predicted molar refractivity (Wildman–Crippen MR) is 143 cm³/mol. The van der Waals surface area contributed by atoms with Crippen molar-refractivity contribution in [1.29, 1.82) is 0 Å². The summed E-state index contributed by atoms with van der Waals surface area (Å²) < 4.78 is 5.77. The predicted octanol–water partition coefficient (Wildman–Crippen LogP) is 6.07. The van der Waals surface area contributed by atoms with E-state index in [1.54, 1.807) is 41.3 Å². The zero-order valence-electron chi connectivity index (χ0n) is 20.0. The van der Waals surface area contributed by atoms with E-state index in [1.807, 2.05) is 42.5 Å². The van der Waals surface area contributed by atoms with Crippen molar-refractivity contribution in [2.45, 2.75) is 50.7 Å². The fourth-order valence-electron chi connectivity index (χ4n) is 4.49. The largest absolute Gasteiger partial charge is 0.484 e. The highest BCUT2D eigenvalue weighted by Gasteiger charge is 2.32. The van der Waals surface area contributed by atoms with Gasteiger partial charge >= 0.3 is 0 Å². The first-order valence-electron chi connectivity index (χ1n) is 12.2. The smallest absolute Gasteiger partial charge is 0.261 e. The second-order valence-electron chi connectivity index (χ2n) is 9.09. The van der Waals surface area contributed by atoms with Crippen LogP contribution in [0, 0.1) is 0 Å². The van der Waals surface area contributed by atoms with E-state index in [0.29, 0.717) is 22.2 Å². The molecular weight excluding hydrogens is 495 g/mol. The number of nitrogens with zero attached hydrogens (tertiary/aromatic N) is 1. The summed E-state index contributed by atoms with van der Waals surface area (Å²) >= 11 is 12.1. The van der Waals surface area contributed by atoms with Crippen molar-refractivity contribution in [3.8, 4) is 5.75 Å². The van der Waals surface area contributed by atoms with Gasteiger partial charge in [0.25, 0.3) is 5.91 Å². The SMILES string of the molecule is O=C(NC1CCCC1)C(Cc1ccccc1)N(Cc1ccc(Cl)cc1)C(=O)COc1cccc(Cl)c1. The summed E-state index contributed by atoms with van der Waals surface area (Å²) in [5, 5.41) is 4.33. The Kier molecular flexibility index (Phi) is 9.26. The highest BCUT2D eigenvalue weighted by molar-refractivity contribution is 6.30. The summed E-state index contributed by atoms with van der Waals surface area (Å²) in [4.78, 5) is 28.9. The van der Waals surface area contributed by atoms with Crippen LogP contribution in [0.25, 0.3) is 0 Å². The monoisotopic (exact) mass is 524 g/mol. The number of benzene rings is 3. The Morgan fingerprint density at radius 1 is 0.889 bits per heavy atom. The molecule has 2 amide bonds. The summed E-state index contributed by atoms with van der Waals surface area (Å²) in [6.07, 6.45) is 4.54. The van der Waals surface area contributed by atoms with E-state index >= 15 is 0 Å². The van der Waals surface area contributed by atoms with Crippen LogP contribution < -0.4 is 10.1 Å². The second kappa shape index (κ2) is 12.8. The van der Waals surface area contributed by atoms with Gasteiger partial charge in [-0.05, 0) is 54.3 Å². The molecule has 7 heteroatoms. The molecule has 3 aromatic carbocycles. The number of nitrogens with one attached hydrogen (secondary N) is 1. The third-order valence-electron chi connectivity index (χ3n) is 6.40. The summed E-state index contributed by atoms with van der Waals surface area (Å²) in [5.41, 5.74) is 1.86. The van der Waals surface area contributed by atoms with Crippen molar-refractivity contribution < 1.29 is 14.3 Å². The summed E-state index contributed by atoms with van der Waals surface area (Å²) in [6, 6.07) is 23.4. The Morgan fingerprint density at radius 2 is 1.61 bits per heavy atom. The summed E-state index contributed by atoms with van der Waals surface area (Å²) in [6.45, 7) is 0.0421. The number of carbonyl (C=O) groups is 2. The van der Waals surface area contributed by atoms with Gasteiger partial charge in [-0.3, -0.25) is 9.59 Å². The fourth-order valence-corrected chi connectivity index (χ4v) is 4.80. The molecule has 3 aromatic rings. The third-order valence-corrected chi connectivity index (χ3v) is 6.88. The van der Waals surface area contributed by atoms with Crippen LogP contribution in [-0.4, -0.2) is 35.4 Å². The molecule has 1 unspecified atom stereocenters. The van der Waals surface area contributed by atoms with Gasteiger partial charge < -0.3 is 15.0 Å². The van der Waals surface area contributed by atoms with Crippen LogP contribution in [0.3, 0.4) is 0 Å². The first-order valence-corrected chi connectivity index (χ1v) is 13.0. The molecule has 1 N–H and O–H groups in total. The van der Waals surface area contributed by atoms with Crippen molar-refractivity contribution in [3.63, 3.8) is 0 Å². The lowest BCUT2D eigenvalue weighted by molar-refractivity contribution is -0.143. The van der Waals surface area contributed by atoms with E-state index in [2.05, 4.69) is 5.32 Å². The minimum absolute atomic E-state index is 0.143. The van der Waals surface area contributed by atoms with Crippen LogP contribution in [0.1, 0.15) is 36.8 Å². The number of hydrogen-bond acceptors (Lipinski definition) is 3. The lowest BCUT2D eigenvalue weighted by Gasteiger charge is -2.32. The quantitative estimate of drug-likeness (QED) is 0.350. The van der Waals surface area contributed by atoms with E-state index in [-0.39, 0.29) is 31.0 Å². The molecule has 4 rings (SSSR count). The van der Waals surface area contributed by atoms with Crippen molar-refractivity contribution in [1.82, 2.24) is 10.2 Å². The van der Waals surface area contributed by atoms with Gasteiger partial charge in [0.1, 0.15) is 11.8 Å². The molecular formula is C29H30Cl2N2O3. The molecule has 1 fully saturated rings. The molecule has 0 spiro atoms. The Morgan fingerprint density at radius 3 is 2.31 bits per heavy atom. The fraction of sp³-hybridized carbons (Fsp3) is 0.310. The van der Waals surface area contributed by atoms with E-state index in [0.717, 1.165) is 36.8 Å². The van der Waals surface area contributed by atoms with Crippen LogP contribution in [0.15, 0.2) is 78.9 Å². The molecule has 0 radical (unpaired) electrons. The molecule has 188 valence electrons. The van der Waals surface area contributed by atoms with Gasteiger partial charge in [-0.25, -0.2) is 0 Å². The van der Waals surface area contributed by atoms with Crippen molar-refractivity contribution in [2.24, 2.45) is 0 Å². The summed E-state index contributed by atoms with van der Waals surface area (Å²) in [5.74, 6) is 0.0700. The highest BCUT2D eigenvalue weighted by atomic mass is 35.5. The van der Waals surface area contributed by atoms with E-state index in [1.165, 1.54) is 0 Å². The van der Waals surface area contributed by atoms with Gasteiger partial charge in [-0.15, -0.1) is 0 Å². The van der Waals surface area contributed by atoms with Gasteiger partial charge in [0, 0.05) is 29.1 Å². The number of amides is 2. The van der Waals surface area contributed by atoms with E-state index < -0.39 is 6.04 Å².